The van der Waals surface area contributed by atoms with Crippen LogP contribution < -0.4 is 10.1 Å². The molecule has 96 valence electrons. The molecule has 0 saturated carbocycles. The molecule has 0 unspecified atom stereocenters. The second kappa shape index (κ2) is 7.84. The van der Waals surface area contributed by atoms with E-state index in [1.807, 2.05) is 13.8 Å². The number of nitrogens with one attached hydrogen (secondary N) is 1. The molecule has 5 heteroatoms. The standard InChI is InChI=1S/C12H21N3O2/c1-4-17-12-10(2)11(14-9-15-12)13-7-5-6-8-16-3/h9H,4-8H2,1-3H3,(H,13,14,15). The van der Waals surface area contributed by atoms with Crippen molar-refractivity contribution in [2.24, 2.45) is 0 Å². The number of rotatable bonds is 8. The van der Waals surface area contributed by atoms with E-state index in [-0.39, 0.29) is 0 Å². The van der Waals surface area contributed by atoms with Gasteiger partial charge in [-0.05, 0) is 26.7 Å². The van der Waals surface area contributed by atoms with E-state index in [4.69, 9.17) is 9.47 Å². The molecule has 0 radical (unpaired) electrons. The molecule has 0 aliphatic rings. The van der Waals surface area contributed by atoms with Gasteiger partial charge >= 0.3 is 0 Å². The summed E-state index contributed by atoms with van der Waals surface area (Å²) < 4.78 is 10.4. The molecule has 0 atom stereocenters. The first-order valence-electron chi connectivity index (χ1n) is 5.96. The van der Waals surface area contributed by atoms with E-state index in [0.29, 0.717) is 12.5 Å². The Hall–Kier alpha value is -1.36. The van der Waals surface area contributed by atoms with Gasteiger partial charge in [0.25, 0.3) is 0 Å². The van der Waals surface area contributed by atoms with Crippen molar-refractivity contribution in [3.05, 3.63) is 11.9 Å². The molecule has 17 heavy (non-hydrogen) atoms. The summed E-state index contributed by atoms with van der Waals surface area (Å²) in [5, 5.41) is 3.28. The van der Waals surface area contributed by atoms with Crippen molar-refractivity contribution in [1.82, 2.24) is 9.97 Å². The molecule has 1 rings (SSSR count). The zero-order valence-electron chi connectivity index (χ0n) is 10.8. The third kappa shape index (κ3) is 4.56. The third-order valence-corrected chi connectivity index (χ3v) is 2.39. The molecule has 0 saturated heterocycles. The van der Waals surface area contributed by atoms with Crippen LogP contribution in [-0.2, 0) is 4.74 Å². The first kappa shape index (κ1) is 13.7. The summed E-state index contributed by atoms with van der Waals surface area (Å²) in [6.45, 7) is 6.20. The molecule has 0 aromatic carbocycles. The summed E-state index contributed by atoms with van der Waals surface area (Å²) in [7, 11) is 1.72. The second-order valence-electron chi connectivity index (χ2n) is 3.71. The molecule has 0 bridgehead atoms. The Bertz CT molecular complexity index is 332. The third-order valence-electron chi connectivity index (χ3n) is 2.39. The Balaban J connectivity index is 2.44. The minimum atomic E-state index is 0.616. The fourth-order valence-corrected chi connectivity index (χ4v) is 1.47. The molecule has 1 N–H and O–H groups in total. The lowest BCUT2D eigenvalue weighted by molar-refractivity contribution is 0.194. The molecule has 1 heterocycles. The second-order valence-corrected chi connectivity index (χ2v) is 3.71. The largest absolute Gasteiger partial charge is 0.478 e. The number of hydrogen-bond acceptors (Lipinski definition) is 5. The molecule has 0 aliphatic carbocycles. The van der Waals surface area contributed by atoms with Gasteiger partial charge in [0.2, 0.25) is 5.88 Å². The molecular formula is C12H21N3O2. The average molecular weight is 239 g/mol. The maximum atomic E-state index is 5.41. The van der Waals surface area contributed by atoms with Gasteiger partial charge in [0.1, 0.15) is 12.1 Å². The van der Waals surface area contributed by atoms with Crippen molar-refractivity contribution in [2.45, 2.75) is 26.7 Å². The number of ether oxygens (including phenoxy) is 2. The van der Waals surface area contributed by atoms with E-state index in [0.717, 1.165) is 37.4 Å². The molecule has 5 nitrogen and oxygen atoms in total. The van der Waals surface area contributed by atoms with Crippen molar-refractivity contribution >= 4 is 5.82 Å². The number of unbranched alkanes of at least 4 members (excludes halogenated alkanes) is 1. The molecule has 0 aliphatic heterocycles. The minimum absolute atomic E-state index is 0.616. The van der Waals surface area contributed by atoms with E-state index in [1.54, 1.807) is 7.11 Å². The lowest BCUT2D eigenvalue weighted by atomic mass is 10.3. The summed E-state index contributed by atoms with van der Waals surface area (Å²) in [6.07, 6.45) is 3.63. The Morgan fingerprint density at radius 3 is 2.82 bits per heavy atom. The van der Waals surface area contributed by atoms with Crippen LogP contribution in [-0.4, -0.2) is 36.8 Å². The van der Waals surface area contributed by atoms with E-state index < -0.39 is 0 Å². The summed E-state index contributed by atoms with van der Waals surface area (Å²) in [5.74, 6) is 1.50. The van der Waals surface area contributed by atoms with Gasteiger partial charge in [-0.1, -0.05) is 0 Å². The van der Waals surface area contributed by atoms with Gasteiger partial charge in [0.05, 0.1) is 12.2 Å². The van der Waals surface area contributed by atoms with Crippen LogP contribution in [0, 0.1) is 6.92 Å². The fraction of sp³-hybridized carbons (Fsp3) is 0.667. The topological polar surface area (TPSA) is 56.3 Å². The van der Waals surface area contributed by atoms with Gasteiger partial charge < -0.3 is 14.8 Å². The van der Waals surface area contributed by atoms with Gasteiger partial charge in [-0.15, -0.1) is 0 Å². The lowest BCUT2D eigenvalue weighted by Gasteiger charge is -2.11. The SMILES string of the molecule is CCOc1ncnc(NCCCCOC)c1C. The minimum Gasteiger partial charge on any atom is -0.478 e. The quantitative estimate of drug-likeness (QED) is 0.703. The molecule has 1 aromatic heterocycles. The highest BCUT2D eigenvalue weighted by atomic mass is 16.5. The van der Waals surface area contributed by atoms with Gasteiger partial charge in [-0.2, -0.15) is 0 Å². The average Bonchev–Trinajstić information content (AvgIpc) is 2.33. The lowest BCUT2D eigenvalue weighted by Crippen LogP contribution is -2.08. The monoisotopic (exact) mass is 239 g/mol. The Morgan fingerprint density at radius 1 is 1.29 bits per heavy atom. The molecule has 0 spiro atoms. The first-order valence-corrected chi connectivity index (χ1v) is 5.96. The number of nitrogens with zero attached hydrogens (tertiary/aromatic N) is 2. The number of aromatic nitrogens is 2. The summed E-state index contributed by atoms with van der Waals surface area (Å²) >= 11 is 0. The number of anilines is 1. The smallest absolute Gasteiger partial charge is 0.221 e. The van der Waals surface area contributed by atoms with Gasteiger partial charge in [-0.3, -0.25) is 0 Å². The van der Waals surface area contributed by atoms with Gasteiger partial charge in [-0.25, -0.2) is 9.97 Å². The van der Waals surface area contributed by atoms with Crippen molar-refractivity contribution in [2.75, 3.05) is 32.2 Å². The maximum Gasteiger partial charge on any atom is 0.221 e. The predicted molar refractivity (Wildman–Crippen MR) is 67.5 cm³/mol. The van der Waals surface area contributed by atoms with E-state index in [2.05, 4.69) is 15.3 Å². The zero-order valence-corrected chi connectivity index (χ0v) is 10.8. The van der Waals surface area contributed by atoms with Crippen molar-refractivity contribution in [1.29, 1.82) is 0 Å². The highest BCUT2D eigenvalue weighted by molar-refractivity contribution is 5.47. The molecular weight excluding hydrogens is 218 g/mol. The Labute approximate surface area is 103 Å². The van der Waals surface area contributed by atoms with Crippen LogP contribution in [0.3, 0.4) is 0 Å². The van der Waals surface area contributed by atoms with E-state index >= 15 is 0 Å². The van der Waals surface area contributed by atoms with E-state index in [9.17, 15) is 0 Å². The summed E-state index contributed by atoms with van der Waals surface area (Å²) in [4.78, 5) is 8.30. The highest BCUT2D eigenvalue weighted by Gasteiger charge is 2.06. The van der Waals surface area contributed by atoms with Crippen LogP contribution >= 0.6 is 0 Å². The zero-order chi connectivity index (χ0) is 12.5. The van der Waals surface area contributed by atoms with Crippen LogP contribution in [0.15, 0.2) is 6.33 Å². The number of hydrogen-bond donors (Lipinski definition) is 1. The number of methoxy groups -OCH3 is 1. The summed E-state index contributed by atoms with van der Waals surface area (Å²) in [5.41, 5.74) is 0.959. The summed E-state index contributed by atoms with van der Waals surface area (Å²) in [6, 6.07) is 0. The Kier molecular flexibility index (Phi) is 6.32. The fourth-order valence-electron chi connectivity index (χ4n) is 1.47. The normalized spacial score (nSPS) is 10.3. The van der Waals surface area contributed by atoms with Crippen molar-refractivity contribution in [3.63, 3.8) is 0 Å². The first-order chi connectivity index (χ1) is 8.29. The van der Waals surface area contributed by atoms with Crippen LogP contribution in [0.5, 0.6) is 5.88 Å². The van der Waals surface area contributed by atoms with Gasteiger partial charge in [0, 0.05) is 20.3 Å². The van der Waals surface area contributed by atoms with Crippen LogP contribution in [0.2, 0.25) is 0 Å². The molecule has 0 fully saturated rings. The highest BCUT2D eigenvalue weighted by Crippen LogP contribution is 2.19. The molecule has 1 aromatic rings. The van der Waals surface area contributed by atoms with Gasteiger partial charge in [0.15, 0.2) is 0 Å². The maximum absolute atomic E-state index is 5.41. The van der Waals surface area contributed by atoms with Crippen LogP contribution in [0.25, 0.3) is 0 Å². The van der Waals surface area contributed by atoms with E-state index in [1.165, 1.54) is 6.33 Å². The molecule has 0 amide bonds. The van der Waals surface area contributed by atoms with Crippen molar-refractivity contribution in [3.8, 4) is 5.88 Å². The predicted octanol–water partition coefficient (Wildman–Crippen LogP) is 2.02. The van der Waals surface area contributed by atoms with Crippen LogP contribution in [0.1, 0.15) is 25.3 Å². The Morgan fingerprint density at radius 2 is 2.12 bits per heavy atom. The van der Waals surface area contributed by atoms with Crippen molar-refractivity contribution < 1.29 is 9.47 Å². The van der Waals surface area contributed by atoms with Crippen LogP contribution in [0.4, 0.5) is 5.82 Å².